The maximum absolute atomic E-state index is 13.1. The first-order valence-corrected chi connectivity index (χ1v) is 9.90. The Hall–Kier alpha value is -1.60. The number of anilines is 1. The summed E-state index contributed by atoms with van der Waals surface area (Å²) in [5.41, 5.74) is 1.87. The van der Waals surface area contributed by atoms with Crippen LogP contribution in [0.4, 0.5) is 5.69 Å². The minimum absolute atomic E-state index is 0.0291. The number of hydrogen-bond donors (Lipinski definition) is 0. The van der Waals surface area contributed by atoms with E-state index in [1.807, 2.05) is 24.3 Å². The number of likely N-dealkylation sites (tertiary alicyclic amines) is 1. The maximum Gasteiger partial charge on any atom is 0.239 e. The molecule has 6 nitrogen and oxygen atoms in total. The van der Waals surface area contributed by atoms with Crippen LogP contribution in [-0.4, -0.2) is 57.8 Å². The lowest BCUT2D eigenvalue weighted by molar-refractivity contribution is -0.132. The Kier molecular flexibility index (Phi) is 5.10. The summed E-state index contributed by atoms with van der Waals surface area (Å²) in [5.74, 6) is -0.0291. The minimum atomic E-state index is -3.45. The molecule has 132 valence electrons. The van der Waals surface area contributed by atoms with Crippen molar-refractivity contribution in [1.82, 2.24) is 4.90 Å². The van der Waals surface area contributed by atoms with Gasteiger partial charge < -0.3 is 9.64 Å². The number of fused-ring (bicyclic) bond motifs is 1. The van der Waals surface area contributed by atoms with Gasteiger partial charge in [-0.2, -0.15) is 0 Å². The summed E-state index contributed by atoms with van der Waals surface area (Å²) in [7, 11) is -1.90. The van der Waals surface area contributed by atoms with E-state index in [9.17, 15) is 13.2 Å². The van der Waals surface area contributed by atoms with Gasteiger partial charge in [-0.05, 0) is 30.9 Å². The Bertz CT molecular complexity index is 704. The molecule has 1 aromatic rings. The van der Waals surface area contributed by atoms with E-state index in [0.717, 1.165) is 24.1 Å². The van der Waals surface area contributed by atoms with Crippen LogP contribution in [0.1, 0.15) is 24.8 Å². The standard InChI is InChI=1S/C17H24N2O4S/c1-23-12-9-17(20)18-10-4-6-15(13-18)24(21,22)19-11-8-14-5-2-3-7-16(14)19/h2-3,5,7,15H,4,6,8-13H2,1H3/t15-/m1/s1. The van der Waals surface area contributed by atoms with Crippen LogP contribution in [-0.2, 0) is 26.0 Å². The topological polar surface area (TPSA) is 66.9 Å². The van der Waals surface area contributed by atoms with Gasteiger partial charge in [0.05, 0.1) is 24.0 Å². The zero-order valence-electron chi connectivity index (χ0n) is 14.0. The van der Waals surface area contributed by atoms with Crippen LogP contribution in [0.25, 0.3) is 0 Å². The molecule has 1 saturated heterocycles. The third kappa shape index (κ3) is 3.28. The second-order valence-corrected chi connectivity index (χ2v) is 8.48. The van der Waals surface area contributed by atoms with Crippen molar-refractivity contribution in [1.29, 1.82) is 0 Å². The molecule has 2 aliphatic heterocycles. The van der Waals surface area contributed by atoms with Crippen molar-refractivity contribution in [3.05, 3.63) is 29.8 Å². The van der Waals surface area contributed by atoms with Crippen molar-refractivity contribution in [2.24, 2.45) is 0 Å². The van der Waals surface area contributed by atoms with Crippen LogP contribution < -0.4 is 4.31 Å². The smallest absolute Gasteiger partial charge is 0.239 e. The van der Waals surface area contributed by atoms with E-state index in [4.69, 9.17) is 4.74 Å². The molecule has 1 atom stereocenters. The number of amides is 1. The number of para-hydroxylation sites is 1. The van der Waals surface area contributed by atoms with Gasteiger partial charge in [0.25, 0.3) is 0 Å². The lowest BCUT2D eigenvalue weighted by Gasteiger charge is -2.35. The third-order valence-corrected chi connectivity index (χ3v) is 7.04. The number of ether oxygens (including phenoxy) is 1. The molecule has 0 saturated carbocycles. The molecule has 2 heterocycles. The SMILES string of the molecule is COCCC(=O)N1CCC[C@@H](S(=O)(=O)N2CCc3ccccc32)C1. The Morgan fingerprint density at radius 3 is 2.88 bits per heavy atom. The van der Waals surface area contributed by atoms with Gasteiger partial charge >= 0.3 is 0 Å². The van der Waals surface area contributed by atoms with Gasteiger partial charge in [0, 0.05) is 26.7 Å². The number of sulfonamides is 1. The monoisotopic (exact) mass is 352 g/mol. The summed E-state index contributed by atoms with van der Waals surface area (Å²) < 4.78 is 32.7. The number of carbonyl (C=O) groups excluding carboxylic acids is 1. The first kappa shape index (κ1) is 17.2. The van der Waals surface area contributed by atoms with Crippen molar-refractivity contribution >= 4 is 21.6 Å². The van der Waals surface area contributed by atoms with E-state index in [1.54, 1.807) is 12.0 Å². The van der Waals surface area contributed by atoms with Gasteiger partial charge in [-0.25, -0.2) is 8.42 Å². The van der Waals surface area contributed by atoms with Gasteiger partial charge in [0.2, 0.25) is 15.9 Å². The molecule has 1 aromatic carbocycles. The number of nitrogens with zero attached hydrogens (tertiary/aromatic N) is 2. The molecule has 0 unspecified atom stereocenters. The van der Waals surface area contributed by atoms with Crippen molar-refractivity contribution in [3.63, 3.8) is 0 Å². The first-order chi connectivity index (χ1) is 11.5. The zero-order valence-corrected chi connectivity index (χ0v) is 14.8. The fraction of sp³-hybridized carbons (Fsp3) is 0.588. The maximum atomic E-state index is 13.1. The van der Waals surface area contributed by atoms with Gasteiger partial charge in [0.1, 0.15) is 0 Å². The summed E-state index contributed by atoms with van der Waals surface area (Å²) in [6.07, 6.45) is 2.38. The second kappa shape index (κ2) is 7.11. The number of hydrogen-bond acceptors (Lipinski definition) is 4. The highest BCUT2D eigenvalue weighted by atomic mass is 32.2. The highest BCUT2D eigenvalue weighted by molar-refractivity contribution is 7.93. The molecule has 7 heteroatoms. The van der Waals surface area contributed by atoms with Crippen molar-refractivity contribution in [2.45, 2.75) is 30.9 Å². The van der Waals surface area contributed by atoms with Crippen LogP contribution in [0.2, 0.25) is 0 Å². The Labute approximate surface area is 143 Å². The molecule has 3 rings (SSSR count). The van der Waals surface area contributed by atoms with Gasteiger partial charge in [-0.15, -0.1) is 0 Å². The molecule has 1 fully saturated rings. The normalized spacial score (nSPS) is 21.0. The number of rotatable bonds is 5. The molecular formula is C17H24N2O4S. The first-order valence-electron chi connectivity index (χ1n) is 8.40. The highest BCUT2D eigenvalue weighted by Gasteiger charge is 2.38. The highest BCUT2D eigenvalue weighted by Crippen LogP contribution is 2.33. The average Bonchev–Trinajstić information content (AvgIpc) is 3.04. The van der Waals surface area contributed by atoms with Crippen LogP contribution in [0.5, 0.6) is 0 Å². The Balaban J connectivity index is 1.74. The molecule has 0 N–H and O–H groups in total. The van der Waals surface area contributed by atoms with Gasteiger partial charge in [0.15, 0.2) is 0 Å². The molecule has 1 amide bonds. The predicted octanol–water partition coefficient (Wildman–Crippen LogP) is 1.41. The zero-order chi connectivity index (χ0) is 17.2. The molecule has 24 heavy (non-hydrogen) atoms. The number of carbonyl (C=O) groups is 1. The lowest BCUT2D eigenvalue weighted by Crippen LogP contribution is -2.49. The third-order valence-electron chi connectivity index (χ3n) is 4.82. The fourth-order valence-corrected chi connectivity index (χ4v) is 5.50. The molecule has 0 spiro atoms. The van der Waals surface area contributed by atoms with E-state index in [-0.39, 0.29) is 12.5 Å². The second-order valence-electron chi connectivity index (χ2n) is 6.34. The van der Waals surface area contributed by atoms with Gasteiger partial charge in [-0.3, -0.25) is 9.10 Å². The number of methoxy groups -OCH3 is 1. The number of benzene rings is 1. The summed E-state index contributed by atoms with van der Waals surface area (Å²) in [5, 5.41) is -0.524. The Morgan fingerprint density at radius 2 is 2.08 bits per heavy atom. The Morgan fingerprint density at radius 1 is 1.29 bits per heavy atom. The summed E-state index contributed by atoms with van der Waals surface area (Å²) in [4.78, 5) is 13.9. The van der Waals surface area contributed by atoms with E-state index < -0.39 is 15.3 Å². The van der Waals surface area contributed by atoms with Crippen molar-refractivity contribution in [3.8, 4) is 0 Å². The summed E-state index contributed by atoms with van der Waals surface area (Å²) in [6, 6.07) is 7.65. The predicted molar refractivity (Wildman–Crippen MR) is 92.5 cm³/mol. The molecule has 2 aliphatic rings. The van der Waals surface area contributed by atoms with Crippen LogP contribution in [0, 0.1) is 0 Å². The molecule has 0 bridgehead atoms. The quantitative estimate of drug-likeness (QED) is 0.803. The summed E-state index contributed by atoms with van der Waals surface area (Å²) >= 11 is 0. The van der Waals surface area contributed by atoms with E-state index in [0.29, 0.717) is 32.5 Å². The minimum Gasteiger partial charge on any atom is -0.384 e. The number of piperidine rings is 1. The van der Waals surface area contributed by atoms with Crippen LogP contribution >= 0.6 is 0 Å². The molecule has 0 aliphatic carbocycles. The van der Waals surface area contributed by atoms with E-state index >= 15 is 0 Å². The largest absolute Gasteiger partial charge is 0.384 e. The van der Waals surface area contributed by atoms with Crippen molar-refractivity contribution < 1.29 is 17.9 Å². The van der Waals surface area contributed by atoms with Crippen LogP contribution in [0.15, 0.2) is 24.3 Å². The molecule has 0 aromatic heterocycles. The van der Waals surface area contributed by atoms with Gasteiger partial charge in [-0.1, -0.05) is 18.2 Å². The van der Waals surface area contributed by atoms with Crippen molar-refractivity contribution in [2.75, 3.05) is 37.7 Å². The fourth-order valence-electron chi connectivity index (χ4n) is 3.51. The van der Waals surface area contributed by atoms with E-state index in [2.05, 4.69) is 0 Å². The summed E-state index contributed by atoms with van der Waals surface area (Å²) in [6.45, 7) is 1.77. The van der Waals surface area contributed by atoms with E-state index in [1.165, 1.54) is 4.31 Å². The molecular weight excluding hydrogens is 328 g/mol. The van der Waals surface area contributed by atoms with Crippen LogP contribution in [0.3, 0.4) is 0 Å². The molecule has 0 radical (unpaired) electrons. The lowest BCUT2D eigenvalue weighted by atomic mass is 10.1. The average molecular weight is 352 g/mol.